The molecule has 0 aliphatic carbocycles. The summed E-state index contributed by atoms with van der Waals surface area (Å²) >= 11 is 6.03. The van der Waals surface area contributed by atoms with Crippen LogP contribution < -0.4 is 14.9 Å². The number of unbranched alkanes of at least 4 members (excludes halogenated alkanes) is 1. The number of hydrazone groups is 1. The molecule has 1 amide bonds. The molecule has 1 heterocycles. The van der Waals surface area contributed by atoms with Gasteiger partial charge in [-0.3, -0.25) is 4.79 Å². The standard InChI is InChI=1S/C29H28ClN3O3/c1-3-5-16-36-27-15-10-20(17-28(27)35-4-2)19-31-33-29(34)24-18-26(21-11-13-22(30)14-12-21)32-25-9-7-6-8-23(24)25/h6-15,17-19H,3-5,16H2,1-2H3,(H,33,34). The van der Waals surface area contributed by atoms with Crippen LogP contribution in [0.1, 0.15) is 42.6 Å². The van der Waals surface area contributed by atoms with Crippen LogP contribution in [-0.2, 0) is 0 Å². The summed E-state index contributed by atoms with van der Waals surface area (Å²) in [5, 5.41) is 5.57. The first-order chi connectivity index (χ1) is 17.6. The summed E-state index contributed by atoms with van der Waals surface area (Å²) in [5.74, 6) is 1.02. The predicted octanol–water partition coefficient (Wildman–Crippen LogP) is 6.90. The number of carbonyl (C=O) groups is 1. The first kappa shape index (κ1) is 25.2. The molecule has 0 unspecified atom stereocenters. The van der Waals surface area contributed by atoms with Gasteiger partial charge >= 0.3 is 0 Å². The highest BCUT2D eigenvalue weighted by atomic mass is 35.5. The number of hydrogen-bond acceptors (Lipinski definition) is 5. The van der Waals surface area contributed by atoms with E-state index in [2.05, 4.69) is 17.5 Å². The Morgan fingerprint density at radius 2 is 1.81 bits per heavy atom. The molecular weight excluding hydrogens is 474 g/mol. The smallest absolute Gasteiger partial charge is 0.272 e. The Morgan fingerprint density at radius 3 is 2.58 bits per heavy atom. The molecule has 0 spiro atoms. The zero-order chi connectivity index (χ0) is 25.3. The average molecular weight is 502 g/mol. The van der Waals surface area contributed by atoms with Gasteiger partial charge in [-0.2, -0.15) is 5.10 Å². The first-order valence-corrected chi connectivity index (χ1v) is 12.4. The number of hydrogen-bond donors (Lipinski definition) is 1. The number of amides is 1. The largest absolute Gasteiger partial charge is 0.490 e. The van der Waals surface area contributed by atoms with E-state index < -0.39 is 0 Å². The molecule has 1 N–H and O–H groups in total. The molecule has 0 saturated carbocycles. The fourth-order valence-corrected chi connectivity index (χ4v) is 3.80. The fourth-order valence-electron chi connectivity index (χ4n) is 3.68. The number of fused-ring (bicyclic) bond motifs is 1. The van der Waals surface area contributed by atoms with Crippen molar-refractivity contribution >= 4 is 34.6 Å². The van der Waals surface area contributed by atoms with Gasteiger partial charge in [-0.1, -0.05) is 55.3 Å². The number of ether oxygens (including phenoxy) is 2. The lowest BCUT2D eigenvalue weighted by molar-refractivity contribution is 0.0956. The van der Waals surface area contributed by atoms with Crippen LogP contribution in [0.5, 0.6) is 11.5 Å². The van der Waals surface area contributed by atoms with Crippen LogP contribution >= 0.6 is 11.6 Å². The van der Waals surface area contributed by atoms with Crippen LogP contribution in [0.3, 0.4) is 0 Å². The van der Waals surface area contributed by atoms with E-state index >= 15 is 0 Å². The summed E-state index contributed by atoms with van der Waals surface area (Å²) < 4.78 is 11.6. The maximum Gasteiger partial charge on any atom is 0.272 e. The number of halogens is 1. The number of benzene rings is 3. The van der Waals surface area contributed by atoms with Gasteiger partial charge < -0.3 is 9.47 Å². The Hall–Kier alpha value is -3.90. The van der Waals surface area contributed by atoms with Crippen molar-refractivity contribution in [3.63, 3.8) is 0 Å². The zero-order valence-corrected chi connectivity index (χ0v) is 21.1. The molecule has 3 aromatic carbocycles. The Bertz CT molecular complexity index is 1370. The van der Waals surface area contributed by atoms with Gasteiger partial charge in [0, 0.05) is 16.0 Å². The highest BCUT2D eigenvalue weighted by molar-refractivity contribution is 6.30. The van der Waals surface area contributed by atoms with E-state index in [1.165, 1.54) is 0 Å². The van der Waals surface area contributed by atoms with Gasteiger partial charge in [-0.05, 0) is 61.4 Å². The van der Waals surface area contributed by atoms with Gasteiger partial charge in [-0.15, -0.1) is 0 Å². The topological polar surface area (TPSA) is 72.8 Å². The van der Waals surface area contributed by atoms with Crippen molar-refractivity contribution < 1.29 is 14.3 Å². The van der Waals surface area contributed by atoms with Gasteiger partial charge in [0.1, 0.15) is 0 Å². The van der Waals surface area contributed by atoms with E-state index in [9.17, 15) is 4.79 Å². The maximum atomic E-state index is 13.1. The molecule has 0 aliphatic rings. The van der Waals surface area contributed by atoms with Gasteiger partial charge in [-0.25, -0.2) is 10.4 Å². The van der Waals surface area contributed by atoms with Crippen molar-refractivity contribution in [1.29, 1.82) is 0 Å². The summed E-state index contributed by atoms with van der Waals surface area (Å²) in [6, 6.07) is 22.2. The van der Waals surface area contributed by atoms with E-state index in [0.717, 1.165) is 34.9 Å². The average Bonchev–Trinajstić information content (AvgIpc) is 2.90. The molecule has 0 bridgehead atoms. The Kier molecular flexibility index (Phi) is 8.53. The number of para-hydroxylation sites is 1. The second kappa shape index (κ2) is 12.2. The summed E-state index contributed by atoms with van der Waals surface area (Å²) in [4.78, 5) is 17.9. The van der Waals surface area contributed by atoms with Gasteiger partial charge in [0.05, 0.1) is 36.2 Å². The molecule has 4 aromatic rings. The number of nitrogens with one attached hydrogen (secondary N) is 1. The van der Waals surface area contributed by atoms with Crippen molar-refractivity contribution in [1.82, 2.24) is 10.4 Å². The summed E-state index contributed by atoms with van der Waals surface area (Å²) in [6.45, 7) is 5.20. The SMILES string of the molecule is CCCCOc1ccc(C=NNC(=O)c2cc(-c3ccc(Cl)cc3)nc3ccccc23)cc1OCC. The molecule has 0 radical (unpaired) electrons. The normalized spacial score (nSPS) is 11.1. The number of pyridine rings is 1. The monoisotopic (exact) mass is 501 g/mol. The van der Waals surface area contributed by atoms with Crippen molar-refractivity contribution in [2.75, 3.05) is 13.2 Å². The Morgan fingerprint density at radius 1 is 1.00 bits per heavy atom. The van der Waals surface area contributed by atoms with Crippen LogP contribution in [0.4, 0.5) is 0 Å². The van der Waals surface area contributed by atoms with Crippen molar-refractivity contribution in [2.45, 2.75) is 26.7 Å². The minimum absolute atomic E-state index is 0.329. The van der Waals surface area contributed by atoms with Gasteiger partial charge in [0.25, 0.3) is 5.91 Å². The Balaban J connectivity index is 1.55. The quantitative estimate of drug-likeness (QED) is 0.146. The van der Waals surface area contributed by atoms with E-state index in [0.29, 0.717) is 41.0 Å². The minimum Gasteiger partial charge on any atom is -0.490 e. The predicted molar refractivity (Wildman–Crippen MR) is 145 cm³/mol. The molecule has 0 saturated heterocycles. The highest BCUT2D eigenvalue weighted by Crippen LogP contribution is 2.29. The molecule has 4 rings (SSSR count). The number of rotatable bonds is 10. The molecule has 6 nitrogen and oxygen atoms in total. The van der Waals surface area contributed by atoms with Crippen LogP contribution in [0, 0.1) is 0 Å². The number of carbonyl (C=O) groups excluding carboxylic acids is 1. The van der Waals surface area contributed by atoms with Crippen LogP contribution in [0.25, 0.3) is 22.2 Å². The number of aromatic nitrogens is 1. The van der Waals surface area contributed by atoms with Crippen molar-refractivity contribution in [2.24, 2.45) is 5.10 Å². The molecular formula is C29H28ClN3O3. The van der Waals surface area contributed by atoms with Crippen molar-refractivity contribution in [3.8, 4) is 22.8 Å². The van der Waals surface area contributed by atoms with E-state index in [4.69, 9.17) is 26.1 Å². The molecule has 0 atom stereocenters. The number of nitrogens with zero attached hydrogens (tertiary/aromatic N) is 2. The van der Waals surface area contributed by atoms with E-state index in [-0.39, 0.29) is 5.91 Å². The summed E-state index contributed by atoms with van der Waals surface area (Å²) in [7, 11) is 0. The fraction of sp³-hybridized carbons (Fsp3) is 0.207. The second-order valence-electron chi connectivity index (χ2n) is 8.12. The van der Waals surface area contributed by atoms with Gasteiger partial charge in [0.15, 0.2) is 11.5 Å². The lowest BCUT2D eigenvalue weighted by Gasteiger charge is -2.12. The maximum absolute atomic E-state index is 13.1. The van der Waals surface area contributed by atoms with E-state index in [1.54, 1.807) is 24.4 Å². The van der Waals surface area contributed by atoms with Crippen molar-refractivity contribution in [3.05, 3.63) is 88.9 Å². The molecule has 1 aromatic heterocycles. The van der Waals surface area contributed by atoms with E-state index in [1.807, 2.05) is 61.5 Å². The van der Waals surface area contributed by atoms with Gasteiger partial charge in [0.2, 0.25) is 0 Å². The highest BCUT2D eigenvalue weighted by Gasteiger charge is 2.14. The third-order valence-electron chi connectivity index (χ3n) is 5.50. The molecule has 7 heteroatoms. The Labute approximate surface area is 215 Å². The first-order valence-electron chi connectivity index (χ1n) is 12.0. The molecule has 0 aliphatic heterocycles. The third-order valence-corrected chi connectivity index (χ3v) is 5.76. The molecule has 0 fully saturated rings. The summed E-state index contributed by atoms with van der Waals surface area (Å²) in [6.07, 6.45) is 3.62. The van der Waals surface area contributed by atoms with Crippen LogP contribution in [0.2, 0.25) is 5.02 Å². The zero-order valence-electron chi connectivity index (χ0n) is 20.3. The minimum atomic E-state index is -0.329. The lowest BCUT2D eigenvalue weighted by Crippen LogP contribution is -2.18. The molecule has 184 valence electrons. The third kappa shape index (κ3) is 6.20. The second-order valence-corrected chi connectivity index (χ2v) is 8.56. The lowest BCUT2D eigenvalue weighted by atomic mass is 10.0. The van der Waals surface area contributed by atoms with Crippen LogP contribution in [-0.4, -0.2) is 30.3 Å². The molecule has 36 heavy (non-hydrogen) atoms. The van der Waals surface area contributed by atoms with Crippen LogP contribution in [0.15, 0.2) is 77.9 Å². The summed E-state index contributed by atoms with van der Waals surface area (Å²) in [5.41, 5.74) is 6.18.